The third-order valence-electron chi connectivity index (χ3n) is 6.76. The molecule has 12 heteroatoms. The number of carbonyl (C=O) groups is 2. The Morgan fingerprint density at radius 3 is 2.19 bits per heavy atom. The fraction of sp³-hybridized carbons (Fsp3) is 0.400. The molecule has 42 heavy (non-hydrogen) atoms. The molecule has 3 aromatic rings. The lowest BCUT2D eigenvalue weighted by atomic mass is 9.87. The first-order chi connectivity index (χ1) is 19.4. The number of amides is 1. The second kappa shape index (κ2) is 13.3. The Morgan fingerprint density at radius 1 is 1.00 bits per heavy atom. The number of alkyl halides is 6. The molecule has 1 fully saturated rings. The van der Waals surface area contributed by atoms with Gasteiger partial charge in [0, 0.05) is 19.6 Å². The first-order valence-corrected chi connectivity index (χ1v) is 14.0. The molecule has 0 radical (unpaired) electrons. The summed E-state index contributed by atoms with van der Waals surface area (Å²) in [5, 5.41) is 11.7. The number of aliphatic carboxylic acids is 1. The van der Waals surface area contributed by atoms with Crippen molar-refractivity contribution in [1.29, 1.82) is 0 Å². The Bertz CT molecular complexity index is 1360. The zero-order valence-electron chi connectivity index (χ0n) is 23.3. The van der Waals surface area contributed by atoms with Gasteiger partial charge in [-0.3, -0.25) is 9.69 Å². The van der Waals surface area contributed by atoms with Crippen molar-refractivity contribution < 1.29 is 41.0 Å². The highest BCUT2D eigenvalue weighted by molar-refractivity contribution is 7.12. The van der Waals surface area contributed by atoms with E-state index < -0.39 is 23.9 Å². The van der Waals surface area contributed by atoms with Gasteiger partial charge in [-0.2, -0.15) is 26.3 Å². The number of rotatable bonds is 6. The zero-order valence-corrected chi connectivity index (χ0v) is 24.1. The van der Waals surface area contributed by atoms with Crippen molar-refractivity contribution in [3.63, 3.8) is 0 Å². The average molecular weight is 615 g/mol. The highest BCUT2D eigenvalue weighted by Crippen LogP contribution is 2.38. The standard InChI is InChI=1S/C28H31F3N2OS.C2HF3O2/c1-27(2,3)22-10-8-19(9-11-22)16-33-13-12-20(17-33)15-32-26(34)25-14-21(18-35-25)23-6-4-5-7-24(23)28(29,30)31;3-2(4,5)1(6)7/h4-11,14,18,20H,12-13,15-17H2,1-3H3,(H,32,34);(H,6,7). The monoisotopic (exact) mass is 614 g/mol. The largest absolute Gasteiger partial charge is 0.490 e. The van der Waals surface area contributed by atoms with Crippen molar-refractivity contribution >= 4 is 23.2 Å². The summed E-state index contributed by atoms with van der Waals surface area (Å²) in [6, 6.07) is 15.8. The number of carboxylic acid groups (broad SMARTS) is 1. The third kappa shape index (κ3) is 9.32. The van der Waals surface area contributed by atoms with E-state index in [1.165, 1.54) is 34.6 Å². The van der Waals surface area contributed by atoms with Crippen LogP contribution in [0.15, 0.2) is 60.0 Å². The Labute approximate surface area is 244 Å². The minimum atomic E-state index is -5.08. The summed E-state index contributed by atoms with van der Waals surface area (Å²) in [7, 11) is 0. The summed E-state index contributed by atoms with van der Waals surface area (Å²) in [6.45, 7) is 9.97. The number of nitrogens with zero attached hydrogens (tertiary/aromatic N) is 1. The van der Waals surface area contributed by atoms with Crippen LogP contribution in [0.25, 0.3) is 11.1 Å². The molecule has 2 aromatic carbocycles. The second-order valence-electron chi connectivity index (χ2n) is 11.1. The average Bonchev–Trinajstić information content (AvgIpc) is 3.56. The van der Waals surface area contributed by atoms with E-state index in [0.29, 0.717) is 22.9 Å². The van der Waals surface area contributed by atoms with Gasteiger partial charge in [-0.05, 0) is 64.1 Å². The van der Waals surface area contributed by atoms with E-state index in [4.69, 9.17) is 9.90 Å². The number of nitrogens with one attached hydrogen (secondary N) is 1. The normalized spacial score (nSPS) is 16.1. The van der Waals surface area contributed by atoms with Crippen LogP contribution in [0.2, 0.25) is 0 Å². The summed E-state index contributed by atoms with van der Waals surface area (Å²) >= 11 is 1.17. The minimum absolute atomic E-state index is 0.0947. The molecule has 228 valence electrons. The molecule has 0 aliphatic carbocycles. The van der Waals surface area contributed by atoms with Crippen molar-refractivity contribution in [3.05, 3.63) is 81.5 Å². The smallest absolute Gasteiger partial charge is 0.475 e. The van der Waals surface area contributed by atoms with Crippen molar-refractivity contribution in [2.75, 3.05) is 19.6 Å². The summed E-state index contributed by atoms with van der Waals surface area (Å²) in [5.41, 5.74) is 2.56. The number of carbonyl (C=O) groups excluding carboxylic acids is 1. The maximum atomic E-state index is 13.3. The SMILES string of the molecule is CC(C)(C)c1ccc(CN2CCC(CNC(=O)c3cc(-c4ccccc4C(F)(F)F)cs3)C2)cc1.O=C(O)C(F)(F)F. The van der Waals surface area contributed by atoms with Gasteiger partial charge in [-0.25, -0.2) is 4.79 Å². The lowest BCUT2D eigenvalue weighted by Gasteiger charge is -2.20. The number of hydrogen-bond donors (Lipinski definition) is 2. The van der Waals surface area contributed by atoms with E-state index >= 15 is 0 Å². The van der Waals surface area contributed by atoms with Gasteiger partial charge in [0.15, 0.2) is 0 Å². The molecule has 2 heterocycles. The Hall–Kier alpha value is -3.38. The van der Waals surface area contributed by atoms with Crippen molar-refractivity contribution in [2.45, 2.75) is 51.5 Å². The molecule has 4 rings (SSSR count). The van der Waals surface area contributed by atoms with Gasteiger partial charge in [0.2, 0.25) is 0 Å². The molecule has 5 nitrogen and oxygen atoms in total. The van der Waals surface area contributed by atoms with E-state index in [2.05, 4.69) is 55.3 Å². The van der Waals surface area contributed by atoms with Gasteiger partial charge in [0.1, 0.15) is 0 Å². The van der Waals surface area contributed by atoms with Gasteiger partial charge in [0.25, 0.3) is 5.91 Å². The number of benzene rings is 2. The van der Waals surface area contributed by atoms with Crippen molar-refractivity contribution in [3.8, 4) is 11.1 Å². The van der Waals surface area contributed by atoms with E-state index in [-0.39, 0.29) is 16.9 Å². The number of thiophene rings is 1. The number of hydrogen-bond acceptors (Lipinski definition) is 4. The Balaban J connectivity index is 0.000000616. The topological polar surface area (TPSA) is 69.6 Å². The van der Waals surface area contributed by atoms with Gasteiger partial charge in [0.05, 0.1) is 10.4 Å². The van der Waals surface area contributed by atoms with Gasteiger partial charge < -0.3 is 10.4 Å². The number of likely N-dealkylation sites (tertiary alicyclic amines) is 1. The van der Waals surface area contributed by atoms with E-state index in [0.717, 1.165) is 32.1 Å². The van der Waals surface area contributed by atoms with Crippen LogP contribution in [0.5, 0.6) is 0 Å². The minimum Gasteiger partial charge on any atom is -0.475 e. The van der Waals surface area contributed by atoms with Crippen LogP contribution in [0, 0.1) is 5.92 Å². The molecular weight excluding hydrogens is 582 g/mol. The Kier molecular flexibility index (Phi) is 10.5. The van der Waals surface area contributed by atoms with Crippen LogP contribution >= 0.6 is 11.3 Å². The second-order valence-corrected chi connectivity index (χ2v) is 12.0. The molecule has 1 aromatic heterocycles. The molecular formula is C30H32F6N2O3S. The molecule has 2 N–H and O–H groups in total. The van der Waals surface area contributed by atoms with Crippen molar-refractivity contribution in [1.82, 2.24) is 10.2 Å². The van der Waals surface area contributed by atoms with E-state index in [9.17, 15) is 31.1 Å². The van der Waals surface area contributed by atoms with Gasteiger partial charge in [-0.1, -0.05) is 63.2 Å². The maximum Gasteiger partial charge on any atom is 0.490 e. The quantitative estimate of drug-likeness (QED) is 0.281. The highest BCUT2D eigenvalue weighted by Gasteiger charge is 2.38. The maximum absolute atomic E-state index is 13.3. The molecule has 0 spiro atoms. The van der Waals surface area contributed by atoms with Crippen LogP contribution in [-0.4, -0.2) is 47.7 Å². The number of carboxylic acids is 1. The summed E-state index contributed by atoms with van der Waals surface area (Å²) in [4.78, 5) is 24.4. The van der Waals surface area contributed by atoms with Crippen LogP contribution in [0.1, 0.15) is 53.6 Å². The first-order valence-electron chi connectivity index (χ1n) is 13.1. The van der Waals surface area contributed by atoms with Gasteiger partial charge >= 0.3 is 18.3 Å². The van der Waals surface area contributed by atoms with Crippen LogP contribution < -0.4 is 5.32 Å². The molecule has 1 amide bonds. The third-order valence-corrected chi connectivity index (χ3v) is 7.69. The molecule has 1 aliphatic heterocycles. The summed E-state index contributed by atoms with van der Waals surface area (Å²) < 4.78 is 71.8. The molecule has 1 atom stereocenters. The number of halogens is 6. The fourth-order valence-corrected chi connectivity index (χ4v) is 5.32. The van der Waals surface area contributed by atoms with Crippen LogP contribution in [0.3, 0.4) is 0 Å². The van der Waals surface area contributed by atoms with E-state index in [1.54, 1.807) is 17.5 Å². The van der Waals surface area contributed by atoms with Crippen LogP contribution in [-0.2, 0) is 22.9 Å². The Morgan fingerprint density at radius 2 is 1.62 bits per heavy atom. The fourth-order valence-electron chi connectivity index (χ4n) is 4.49. The summed E-state index contributed by atoms with van der Waals surface area (Å²) in [6.07, 6.45) is -8.51. The molecule has 1 aliphatic rings. The zero-order chi connectivity index (χ0) is 31.3. The molecule has 0 bridgehead atoms. The highest BCUT2D eigenvalue weighted by atomic mass is 32.1. The van der Waals surface area contributed by atoms with Gasteiger partial charge in [-0.15, -0.1) is 11.3 Å². The lowest BCUT2D eigenvalue weighted by molar-refractivity contribution is -0.192. The van der Waals surface area contributed by atoms with Crippen LogP contribution in [0.4, 0.5) is 26.3 Å². The first kappa shape index (κ1) is 33.1. The molecule has 0 saturated carbocycles. The lowest BCUT2D eigenvalue weighted by Crippen LogP contribution is -2.30. The van der Waals surface area contributed by atoms with Crippen molar-refractivity contribution in [2.24, 2.45) is 5.92 Å². The molecule has 1 unspecified atom stereocenters. The molecule has 1 saturated heterocycles. The predicted molar refractivity (Wildman–Crippen MR) is 149 cm³/mol. The summed E-state index contributed by atoms with van der Waals surface area (Å²) in [5.74, 6) is -2.63. The van der Waals surface area contributed by atoms with E-state index in [1.807, 2.05) is 0 Å². The predicted octanol–water partition coefficient (Wildman–Crippen LogP) is 7.62.